The van der Waals surface area contributed by atoms with E-state index in [0.717, 1.165) is 5.69 Å². The standard InChI is InChI=1S/C12H11N7S/c1-8-14-10(13)7-11(15-8)20-12-16-17-18-19(12)9-5-3-2-4-6-9/h2-7H,1H3,(H2,13,14,15). The van der Waals surface area contributed by atoms with E-state index in [1.165, 1.54) is 11.8 Å². The molecule has 0 spiro atoms. The van der Waals surface area contributed by atoms with Gasteiger partial charge >= 0.3 is 0 Å². The van der Waals surface area contributed by atoms with Gasteiger partial charge in [-0.3, -0.25) is 0 Å². The van der Waals surface area contributed by atoms with Crippen LogP contribution >= 0.6 is 11.8 Å². The molecule has 3 rings (SSSR count). The minimum atomic E-state index is 0.429. The number of tetrazole rings is 1. The molecule has 3 aromatic rings. The van der Waals surface area contributed by atoms with E-state index < -0.39 is 0 Å². The summed E-state index contributed by atoms with van der Waals surface area (Å²) in [6.07, 6.45) is 0. The highest BCUT2D eigenvalue weighted by molar-refractivity contribution is 7.99. The number of para-hydroxylation sites is 1. The lowest BCUT2D eigenvalue weighted by molar-refractivity contribution is 0.755. The maximum Gasteiger partial charge on any atom is 0.220 e. The third-order valence-corrected chi connectivity index (χ3v) is 3.33. The van der Waals surface area contributed by atoms with E-state index in [2.05, 4.69) is 25.5 Å². The fourth-order valence-electron chi connectivity index (χ4n) is 1.68. The predicted molar refractivity (Wildman–Crippen MR) is 74.5 cm³/mol. The summed E-state index contributed by atoms with van der Waals surface area (Å²) in [5.74, 6) is 1.05. The van der Waals surface area contributed by atoms with Crippen LogP contribution < -0.4 is 5.73 Å². The summed E-state index contributed by atoms with van der Waals surface area (Å²) in [6.45, 7) is 1.79. The molecular formula is C12H11N7S. The van der Waals surface area contributed by atoms with Crippen LogP contribution in [0.1, 0.15) is 5.82 Å². The summed E-state index contributed by atoms with van der Waals surface area (Å²) in [7, 11) is 0. The van der Waals surface area contributed by atoms with Gasteiger partial charge < -0.3 is 5.73 Å². The van der Waals surface area contributed by atoms with Gasteiger partial charge in [0.2, 0.25) is 5.16 Å². The number of nitrogen functional groups attached to an aromatic ring is 1. The predicted octanol–water partition coefficient (Wildman–Crippen LogP) is 1.49. The van der Waals surface area contributed by atoms with Crippen LogP contribution in [-0.2, 0) is 0 Å². The van der Waals surface area contributed by atoms with E-state index in [1.54, 1.807) is 17.7 Å². The van der Waals surface area contributed by atoms with Crippen LogP contribution in [0.5, 0.6) is 0 Å². The van der Waals surface area contributed by atoms with Crippen LogP contribution in [0.4, 0.5) is 5.82 Å². The first kappa shape index (κ1) is 12.5. The molecule has 0 unspecified atom stereocenters. The van der Waals surface area contributed by atoms with Crippen LogP contribution in [0.15, 0.2) is 46.6 Å². The fraction of sp³-hybridized carbons (Fsp3) is 0.0833. The summed E-state index contributed by atoms with van der Waals surface area (Å²) < 4.78 is 1.65. The smallest absolute Gasteiger partial charge is 0.220 e. The lowest BCUT2D eigenvalue weighted by Gasteiger charge is -2.04. The van der Waals surface area contributed by atoms with Crippen LogP contribution in [-0.4, -0.2) is 30.2 Å². The molecule has 0 saturated carbocycles. The highest BCUT2D eigenvalue weighted by Crippen LogP contribution is 2.26. The molecule has 0 radical (unpaired) electrons. The Hall–Kier alpha value is -2.48. The molecule has 2 heterocycles. The fourth-order valence-corrected chi connectivity index (χ4v) is 2.53. The molecule has 2 aromatic heterocycles. The van der Waals surface area contributed by atoms with E-state index in [0.29, 0.717) is 21.8 Å². The van der Waals surface area contributed by atoms with Crippen molar-refractivity contribution in [3.05, 3.63) is 42.2 Å². The van der Waals surface area contributed by atoms with E-state index in [1.807, 2.05) is 30.3 Å². The van der Waals surface area contributed by atoms with Gasteiger partial charge in [-0.15, -0.1) is 5.10 Å². The molecule has 1 aromatic carbocycles. The summed E-state index contributed by atoms with van der Waals surface area (Å²) in [4.78, 5) is 8.35. The Balaban J connectivity index is 1.94. The maximum atomic E-state index is 5.71. The van der Waals surface area contributed by atoms with Gasteiger partial charge in [-0.05, 0) is 41.2 Å². The Labute approximate surface area is 119 Å². The van der Waals surface area contributed by atoms with Crippen molar-refractivity contribution in [3.8, 4) is 5.69 Å². The molecule has 7 nitrogen and oxygen atoms in total. The quantitative estimate of drug-likeness (QED) is 0.728. The number of anilines is 1. The highest BCUT2D eigenvalue weighted by Gasteiger charge is 2.11. The molecule has 0 aliphatic carbocycles. The molecule has 8 heteroatoms. The van der Waals surface area contributed by atoms with Gasteiger partial charge in [-0.25, -0.2) is 9.97 Å². The van der Waals surface area contributed by atoms with Gasteiger partial charge in [0.05, 0.1) is 5.69 Å². The van der Waals surface area contributed by atoms with Crippen molar-refractivity contribution in [2.24, 2.45) is 0 Å². The molecule has 0 amide bonds. The zero-order chi connectivity index (χ0) is 13.9. The normalized spacial score (nSPS) is 10.7. The highest BCUT2D eigenvalue weighted by atomic mass is 32.2. The van der Waals surface area contributed by atoms with Crippen LogP contribution in [0.3, 0.4) is 0 Å². The van der Waals surface area contributed by atoms with Crippen molar-refractivity contribution in [1.82, 2.24) is 30.2 Å². The first-order valence-electron chi connectivity index (χ1n) is 5.85. The zero-order valence-electron chi connectivity index (χ0n) is 10.6. The molecule has 20 heavy (non-hydrogen) atoms. The van der Waals surface area contributed by atoms with Gasteiger partial charge in [0, 0.05) is 6.07 Å². The summed E-state index contributed by atoms with van der Waals surface area (Å²) >= 11 is 1.34. The van der Waals surface area contributed by atoms with Crippen molar-refractivity contribution in [2.45, 2.75) is 17.1 Å². The number of benzene rings is 1. The number of aryl methyl sites for hydroxylation is 1. The van der Waals surface area contributed by atoms with Gasteiger partial charge in [-0.2, -0.15) is 4.68 Å². The summed E-state index contributed by atoms with van der Waals surface area (Å²) in [6, 6.07) is 11.4. The maximum absolute atomic E-state index is 5.71. The zero-order valence-corrected chi connectivity index (χ0v) is 11.4. The molecule has 2 N–H and O–H groups in total. The molecule has 0 aliphatic rings. The minimum Gasteiger partial charge on any atom is -0.384 e. The summed E-state index contributed by atoms with van der Waals surface area (Å²) in [5, 5.41) is 13.0. The Bertz CT molecular complexity index is 705. The summed E-state index contributed by atoms with van der Waals surface area (Å²) in [5.41, 5.74) is 6.60. The van der Waals surface area contributed by atoms with Gasteiger partial charge in [0.25, 0.3) is 0 Å². The van der Waals surface area contributed by atoms with E-state index in [-0.39, 0.29) is 0 Å². The van der Waals surface area contributed by atoms with Crippen molar-refractivity contribution in [2.75, 3.05) is 5.73 Å². The molecule has 0 bridgehead atoms. The third-order valence-electron chi connectivity index (χ3n) is 2.47. The number of hydrogen-bond donors (Lipinski definition) is 1. The molecule has 0 aliphatic heterocycles. The average molecular weight is 285 g/mol. The average Bonchev–Trinajstić information content (AvgIpc) is 2.86. The lowest BCUT2D eigenvalue weighted by Crippen LogP contribution is -2.00. The number of aromatic nitrogens is 6. The largest absolute Gasteiger partial charge is 0.384 e. The van der Waals surface area contributed by atoms with Crippen molar-refractivity contribution >= 4 is 17.6 Å². The molecule has 100 valence electrons. The van der Waals surface area contributed by atoms with Crippen molar-refractivity contribution in [1.29, 1.82) is 0 Å². The van der Waals surface area contributed by atoms with E-state index in [9.17, 15) is 0 Å². The Morgan fingerprint density at radius 2 is 1.95 bits per heavy atom. The second-order valence-corrected chi connectivity index (χ2v) is 4.98. The van der Waals surface area contributed by atoms with Crippen molar-refractivity contribution < 1.29 is 0 Å². The Morgan fingerprint density at radius 1 is 1.15 bits per heavy atom. The Kier molecular flexibility index (Phi) is 3.30. The number of nitrogens with two attached hydrogens (primary N) is 1. The van der Waals surface area contributed by atoms with Gasteiger partial charge in [-0.1, -0.05) is 18.2 Å². The van der Waals surface area contributed by atoms with Crippen LogP contribution in [0, 0.1) is 6.92 Å². The third kappa shape index (κ3) is 2.59. The monoisotopic (exact) mass is 285 g/mol. The SMILES string of the molecule is Cc1nc(N)cc(Sc2nnnn2-c2ccccc2)n1. The van der Waals surface area contributed by atoms with Gasteiger partial charge in [0.1, 0.15) is 16.7 Å². The number of hydrogen-bond acceptors (Lipinski definition) is 7. The lowest BCUT2D eigenvalue weighted by atomic mass is 10.3. The van der Waals surface area contributed by atoms with Crippen molar-refractivity contribution in [3.63, 3.8) is 0 Å². The number of rotatable bonds is 3. The second-order valence-electron chi connectivity index (χ2n) is 3.99. The second kappa shape index (κ2) is 5.25. The molecule has 0 fully saturated rings. The molecule has 0 atom stereocenters. The van der Waals surface area contributed by atoms with Gasteiger partial charge in [0.15, 0.2) is 0 Å². The van der Waals surface area contributed by atoms with Crippen LogP contribution in [0.2, 0.25) is 0 Å². The number of nitrogens with zero attached hydrogens (tertiary/aromatic N) is 6. The van der Waals surface area contributed by atoms with Crippen LogP contribution in [0.25, 0.3) is 5.69 Å². The Morgan fingerprint density at radius 3 is 2.70 bits per heavy atom. The molecular weight excluding hydrogens is 274 g/mol. The first-order valence-corrected chi connectivity index (χ1v) is 6.67. The first-order chi connectivity index (χ1) is 9.72. The van der Waals surface area contributed by atoms with E-state index >= 15 is 0 Å². The molecule has 0 saturated heterocycles. The topological polar surface area (TPSA) is 95.4 Å². The van der Waals surface area contributed by atoms with E-state index in [4.69, 9.17) is 5.73 Å². The minimum absolute atomic E-state index is 0.429.